The maximum absolute atomic E-state index is 12.6. The van der Waals surface area contributed by atoms with Crippen molar-refractivity contribution in [1.29, 1.82) is 0 Å². The molecule has 0 aromatic carbocycles. The summed E-state index contributed by atoms with van der Waals surface area (Å²) in [7, 11) is -4.63. The van der Waals surface area contributed by atoms with Crippen LogP contribution in [0.15, 0.2) is 36.5 Å². The highest BCUT2D eigenvalue weighted by Gasteiger charge is 2.36. The van der Waals surface area contributed by atoms with Crippen molar-refractivity contribution in [3.8, 4) is 0 Å². The minimum Gasteiger partial charge on any atom is -0.462 e. The highest BCUT2D eigenvalue weighted by atomic mass is 31.2. The Bertz CT molecular complexity index is 1060. The van der Waals surface area contributed by atoms with Gasteiger partial charge < -0.3 is 29.3 Å². The summed E-state index contributed by atoms with van der Waals surface area (Å²) in [6.07, 6.45) is 35.6. The van der Waals surface area contributed by atoms with Crippen LogP contribution in [0.25, 0.3) is 0 Å². The topological polar surface area (TPSA) is 161 Å². The zero-order chi connectivity index (χ0) is 39.5. The lowest BCUT2D eigenvalue weighted by Gasteiger charge is -2.20. The van der Waals surface area contributed by atoms with E-state index in [2.05, 4.69) is 54.8 Å². The first-order valence-electron chi connectivity index (χ1n) is 21.1. The molecule has 0 radical (unpaired) electrons. The Labute approximate surface area is 326 Å². The molecule has 1 aliphatic rings. The van der Waals surface area contributed by atoms with E-state index >= 15 is 0 Å². The van der Waals surface area contributed by atoms with E-state index < -0.39 is 51.8 Å². The van der Waals surface area contributed by atoms with Gasteiger partial charge >= 0.3 is 19.8 Å². The molecule has 0 aromatic heterocycles. The smallest absolute Gasteiger partial charge is 0.462 e. The Hall–Kier alpha value is -1.85. The number of phosphoric acid groups is 1. The molecule has 0 bridgehead atoms. The monoisotopic (exact) mass is 787 g/mol. The molecule has 0 saturated carbocycles. The molecule has 314 valence electrons. The van der Waals surface area contributed by atoms with E-state index in [0.717, 1.165) is 77.0 Å². The maximum Gasteiger partial charge on any atom is 0.472 e. The van der Waals surface area contributed by atoms with Gasteiger partial charge in [0.25, 0.3) is 0 Å². The predicted molar refractivity (Wildman–Crippen MR) is 214 cm³/mol. The summed E-state index contributed by atoms with van der Waals surface area (Å²) < 4.78 is 38.4. The Morgan fingerprint density at radius 1 is 0.667 bits per heavy atom. The van der Waals surface area contributed by atoms with Crippen molar-refractivity contribution in [3.05, 3.63) is 36.5 Å². The first-order valence-corrected chi connectivity index (χ1v) is 22.6. The lowest BCUT2D eigenvalue weighted by molar-refractivity contribution is -0.161. The van der Waals surface area contributed by atoms with E-state index in [1.54, 1.807) is 0 Å². The van der Waals surface area contributed by atoms with Crippen LogP contribution in [0.1, 0.15) is 168 Å². The van der Waals surface area contributed by atoms with Crippen LogP contribution in [-0.4, -0.2) is 77.9 Å². The maximum atomic E-state index is 12.6. The van der Waals surface area contributed by atoms with Gasteiger partial charge in [-0.3, -0.25) is 18.6 Å². The van der Waals surface area contributed by atoms with Crippen LogP contribution >= 0.6 is 7.82 Å². The normalized spacial score (nSPS) is 18.0. The van der Waals surface area contributed by atoms with Gasteiger partial charge in [0.05, 0.1) is 32.0 Å². The van der Waals surface area contributed by atoms with Crippen LogP contribution in [0.2, 0.25) is 0 Å². The van der Waals surface area contributed by atoms with E-state index in [1.807, 2.05) is 0 Å². The van der Waals surface area contributed by atoms with Crippen molar-refractivity contribution in [2.45, 2.75) is 192 Å². The van der Waals surface area contributed by atoms with E-state index in [9.17, 15) is 24.2 Å². The van der Waals surface area contributed by atoms with Crippen molar-refractivity contribution in [2.24, 2.45) is 0 Å². The summed E-state index contributed by atoms with van der Waals surface area (Å²) in [4.78, 5) is 35.0. The molecule has 1 heterocycles. The van der Waals surface area contributed by atoms with Crippen LogP contribution in [0.3, 0.4) is 0 Å². The summed E-state index contributed by atoms with van der Waals surface area (Å²) in [6, 6.07) is 0. The number of epoxide rings is 1. The Kier molecular flexibility index (Phi) is 32.0. The molecule has 0 spiro atoms. The van der Waals surface area contributed by atoms with E-state index in [1.165, 1.54) is 51.4 Å². The molecule has 1 saturated heterocycles. The van der Waals surface area contributed by atoms with Gasteiger partial charge in [-0.15, -0.1) is 0 Å². The number of hydrogen-bond acceptors (Lipinski definition) is 10. The van der Waals surface area contributed by atoms with Gasteiger partial charge in [-0.05, 0) is 64.2 Å². The molecule has 0 aromatic rings. The molecule has 5 atom stereocenters. The van der Waals surface area contributed by atoms with E-state index in [4.69, 9.17) is 23.8 Å². The highest BCUT2D eigenvalue weighted by molar-refractivity contribution is 7.47. The van der Waals surface area contributed by atoms with E-state index in [0.29, 0.717) is 25.0 Å². The average molecular weight is 787 g/mol. The number of rotatable bonds is 38. The summed E-state index contributed by atoms with van der Waals surface area (Å²) in [5.41, 5.74) is 0. The number of unbranched alkanes of at least 4 members (excludes halogenated alkanes) is 16. The van der Waals surface area contributed by atoms with Crippen molar-refractivity contribution < 1.29 is 52.5 Å². The SMILES string of the molecule is CCCCCC/C=C\C=C/CCCCCCCC(=O)OC[C@H](COP(=O)(O)OC[C@@H](O)CO)OC(=O)CCCCCCC/C=C\CC1OC1CCCCC. The number of hydrogen-bond donors (Lipinski definition) is 3. The third kappa shape index (κ3) is 31.4. The fraction of sp³-hybridized carbons (Fsp3) is 0.810. The van der Waals surface area contributed by atoms with Crippen LogP contribution in [0.5, 0.6) is 0 Å². The van der Waals surface area contributed by atoms with Crippen LogP contribution in [0.4, 0.5) is 0 Å². The lowest BCUT2D eigenvalue weighted by Crippen LogP contribution is -2.29. The number of esters is 2. The minimum absolute atomic E-state index is 0.159. The number of carbonyl (C=O) groups excluding carboxylic acids is 2. The fourth-order valence-corrected chi connectivity index (χ4v) is 6.60. The summed E-state index contributed by atoms with van der Waals surface area (Å²) in [5.74, 6) is -0.965. The first-order chi connectivity index (χ1) is 26.2. The molecule has 3 unspecified atom stereocenters. The number of phosphoric ester groups is 1. The lowest BCUT2D eigenvalue weighted by atomic mass is 10.1. The largest absolute Gasteiger partial charge is 0.472 e. The molecule has 0 aliphatic carbocycles. The molecule has 54 heavy (non-hydrogen) atoms. The Morgan fingerprint density at radius 3 is 1.83 bits per heavy atom. The quantitative estimate of drug-likeness (QED) is 0.0136. The summed E-state index contributed by atoms with van der Waals surface area (Å²) in [6.45, 7) is 2.28. The third-order valence-electron chi connectivity index (χ3n) is 9.22. The second-order valence-corrected chi connectivity index (χ2v) is 15.9. The van der Waals surface area contributed by atoms with Gasteiger partial charge in [0.2, 0.25) is 0 Å². The average Bonchev–Trinajstić information content (AvgIpc) is 3.91. The summed E-state index contributed by atoms with van der Waals surface area (Å²) >= 11 is 0. The van der Waals surface area contributed by atoms with Gasteiger partial charge in [0.15, 0.2) is 6.10 Å². The summed E-state index contributed by atoms with van der Waals surface area (Å²) in [5, 5.41) is 18.3. The second kappa shape index (κ2) is 34.4. The minimum atomic E-state index is -4.63. The standard InChI is InChI=1S/C42H75O11P/c1-3-5-7-8-9-10-11-12-13-14-15-16-20-23-27-31-41(45)49-35-38(36-51-54(47,48)50-34-37(44)33-43)52-42(46)32-28-24-21-18-17-19-22-26-30-40-39(53-40)29-25-6-4-2/h10-13,22,26,37-40,43-44H,3-9,14-21,23-25,27-36H2,1-2H3,(H,47,48)/b11-10-,13-12-,26-22-/t37-,38+,39?,40?/m0/s1. The number of allylic oxidation sites excluding steroid dienone is 5. The second-order valence-electron chi connectivity index (χ2n) is 14.4. The van der Waals surface area contributed by atoms with Crippen molar-refractivity contribution in [1.82, 2.24) is 0 Å². The van der Waals surface area contributed by atoms with Crippen LogP contribution in [0, 0.1) is 0 Å². The van der Waals surface area contributed by atoms with Gasteiger partial charge in [0.1, 0.15) is 12.7 Å². The number of aliphatic hydroxyl groups excluding tert-OH is 2. The highest BCUT2D eigenvalue weighted by Crippen LogP contribution is 2.43. The molecular weight excluding hydrogens is 711 g/mol. The molecule has 1 rings (SSSR count). The van der Waals surface area contributed by atoms with Crippen LogP contribution in [-0.2, 0) is 37.4 Å². The molecule has 1 aliphatic heterocycles. The molecule has 1 fully saturated rings. The van der Waals surface area contributed by atoms with Crippen LogP contribution < -0.4 is 0 Å². The van der Waals surface area contributed by atoms with Crippen molar-refractivity contribution >= 4 is 19.8 Å². The van der Waals surface area contributed by atoms with E-state index in [-0.39, 0.29) is 19.4 Å². The van der Waals surface area contributed by atoms with Gasteiger partial charge in [-0.1, -0.05) is 127 Å². The van der Waals surface area contributed by atoms with Gasteiger partial charge in [-0.2, -0.15) is 0 Å². The first kappa shape index (κ1) is 50.2. The third-order valence-corrected chi connectivity index (χ3v) is 10.2. The Morgan fingerprint density at radius 2 is 1.20 bits per heavy atom. The zero-order valence-electron chi connectivity index (χ0n) is 33.6. The Balaban J connectivity index is 2.28. The molecular formula is C42H75O11P. The van der Waals surface area contributed by atoms with Gasteiger partial charge in [-0.25, -0.2) is 4.57 Å². The van der Waals surface area contributed by atoms with Crippen molar-refractivity contribution in [2.75, 3.05) is 26.4 Å². The molecule has 3 N–H and O–H groups in total. The number of carbonyl (C=O) groups is 2. The predicted octanol–water partition coefficient (Wildman–Crippen LogP) is 9.77. The molecule has 11 nitrogen and oxygen atoms in total. The zero-order valence-corrected chi connectivity index (χ0v) is 34.5. The fourth-order valence-electron chi connectivity index (χ4n) is 5.81. The van der Waals surface area contributed by atoms with Crippen molar-refractivity contribution in [3.63, 3.8) is 0 Å². The number of aliphatic hydroxyl groups is 2. The molecule has 12 heteroatoms. The number of ether oxygens (including phenoxy) is 3. The van der Waals surface area contributed by atoms with Gasteiger partial charge in [0, 0.05) is 12.8 Å². The molecule has 0 amide bonds.